The SMILES string of the molecule is CN(C(=O)OCc1cccc2c1Cc1ccccc1-2)C(COCc1ccccc1)C(=O)O. The normalized spacial score (nSPS) is 12.5. The number of ether oxygens (including phenoxy) is 2. The Labute approximate surface area is 187 Å². The summed E-state index contributed by atoms with van der Waals surface area (Å²) in [6.07, 6.45) is 0.0917. The average molecular weight is 431 g/mol. The van der Waals surface area contributed by atoms with Crippen LogP contribution in [0.4, 0.5) is 4.79 Å². The second kappa shape index (κ2) is 9.66. The van der Waals surface area contributed by atoms with E-state index in [1.54, 1.807) is 0 Å². The maximum Gasteiger partial charge on any atom is 0.410 e. The van der Waals surface area contributed by atoms with Gasteiger partial charge in [-0.2, -0.15) is 0 Å². The van der Waals surface area contributed by atoms with Gasteiger partial charge in [0.1, 0.15) is 6.61 Å². The fourth-order valence-electron chi connectivity index (χ4n) is 3.94. The van der Waals surface area contributed by atoms with E-state index >= 15 is 0 Å². The molecular weight excluding hydrogens is 406 g/mol. The van der Waals surface area contributed by atoms with Crippen molar-refractivity contribution in [1.29, 1.82) is 0 Å². The Hall–Kier alpha value is -3.64. The van der Waals surface area contributed by atoms with Crippen LogP contribution in [0.5, 0.6) is 0 Å². The van der Waals surface area contributed by atoms with Crippen LogP contribution in [0.1, 0.15) is 22.3 Å². The molecule has 4 rings (SSSR count). The van der Waals surface area contributed by atoms with Crippen LogP contribution in [0.2, 0.25) is 0 Å². The number of aliphatic carboxylic acids is 1. The topological polar surface area (TPSA) is 76.1 Å². The number of fused-ring (bicyclic) bond motifs is 3. The molecule has 1 N–H and O–H groups in total. The fourth-order valence-corrected chi connectivity index (χ4v) is 3.94. The van der Waals surface area contributed by atoms with Crippen molar-refractivity contribution in [2.24, 2.45) is 0 Å². The first-order chi connectivity index (χ1) is 15.5. The Morgan fingerprint density at radius 1 is 0.938 bits per heavy atom. The molecule has 0 heterocycles. The van der Waals surface area contributed by atoms with E-state index < -0.39 is 18.1 Å². The van der Waals surface area contributed by atoms with E-state index in [0.717, 1.165) is 33.6 Å². The lowest BCUT2D eigenvalue weighted by Crippen LogP contribution is -2.45. The number of amides is 1. The zero-order valence-corrected chi connectivity index (χ0v) is 17.9. The molecule has 0 aliphatic heterocycles. The van der Waals surface area contributed by atoms with E-state index in [2.05, 4.69) is 18.2 Å². The van der Waals surface area contributed by atoms with Crippen LogP contribution < -0.4 is 0 Å². The number of nitrogens with zero attached hydrogens (tertiary/aromatic N) is 1. The van der Waals surface area contributed by atoms with Crippen molar-refractivity contribution >= 4 is 12.1 Å². The van der Waals surface area contributed by atoms with Crippen molar-refractivity contribution < 1.29 is 24.2 Å². The van der Waals surface area contributed by atoms with Gasteiger partial charge in [-0.15, -0.1) is 0 Å². The Balaban J connectivity index is 1.36. The van der Waals surface area contributed by atoms with Gasteiger partial charge in [0.2, 0.25) is 0 Å². The van der Waals surface area contributed by atoms with E-state index in [9.17, 15) is 14.7 Å². The fraction of sp³-hybridized carbons (Fsp3) is 0.231. The van der Waals surface area contributed by atoms with Crippen LogP contribution in [-0.2, 0) is 33.9 Å². The third-order valence-electron chi connectivity index (χ3n) is 5.73. The van der Waals surface area contributed by atoms with Crippen LogP contribution >= 0.6 is 0 Å². The molecule has 32 heavy (non-hydrogen) atoms. The van der Waals surface area contributed by atoms with Gasteiger partial charge in [0.25, 0.3) is 0 Å². The van der Waals surface area contributed by atoms with Crippen molar-refractivity contribution in [2.45, 2.75) is 25.7 Å². The van der Waals surface area contributed by atoms with Crippen LogP contribution in [-0.4, -0.2) is 41.8 Å². The maximum atomic E-state index is 12.6. The number of rotatable bonds is 8. The molecule has 6 heteroatoms. The van der Waals surface area contributed by atoms with Crippen molar-refractivity contribution in [3.8, 4) is 11.1 Å². The van der Waals surface area contributed by atoms with Crippen LogP contribution in [0.3, 0.4) is 0 Å². The van der Waals surface area contributed by atoms with Gasteiger partial charge < -0.3 is 14.6 Å². The summed E-state index contributed by atoms with van der Waals surface area (Å²) in [6.45, 7) is 0.216. The van der Waals surface area contributed by atoms with E-state index in [0.29, 0.717) is 0 Å². The quantitative estimate of drug-likeness (QED) is 0.445. The third-order valence-corrected chi connectivity index (χ3v) is 5.73. The highest BCUT2D eigenvalue weighted by molar-refractivity contribution is 5.80. The molecular formula is C26H25NO5. The molecule has 0 bridgehead atoms. The molecule has 1 aliphatic carbocycles. The molecule has 6 nitrogen and oxygen atoms in total. The number of likely N-dealkylation sites (N-methyl/N-ethyl adjacent to an activating group) is 1. The summed E-state index contributed by atoms with van der Waals surface area (Å²) in [7, 11) is 1.41. The first kappa shape index (κ1) is 21.6. The Morgan fingerprint density at radius 2 is 1.66 bits per heavy atom. The van der Waals surface area contributed by atoms with Gasteiger partial charge in [-0.3, -0.25) is 4.90 Å². The molecule has 0 saturated heterocycles. The first-order valence-corrected chi connectivity index (χ1v) is 10.5. The van der Waals surface area contributed by atoms with E-state index in [-0.39, 0.29) is 19.8 Å². The average Bonchev–Trinajstić information content (AvgIpc) is 3.20. The summed E-state index contributed by atoms with van der Waals surface area (Å²) in [5.74, 6) is -1.14. The molecule has 0 radical (unpaired) electrons. The molecule has 0 aromatic heterocycles. The molecule has 3 aromatic carbocycles. The van der Waals surface area contributed by atoms with E-state index in [1.165, 1.54) is 18.2 Å². The summed E-state index contributed by atoms with van der Waals surface area (Å²) >= 11 is 0. The van der Waals surface area contributed by atoms with Gasteiger partial charge in [-0.1, -0.05) is 72.8 Å². The molecule has 1 atom stereocenters. The molecule has 3 aromatic rings. The lowest BCUT2D eigenvalue weighted by molar-refractivity contribution is -0.144. The van der Waals surface area contributed by atoms with Crippen molar-refractivity contribution in [3.63, 3.8) is 0 Å². The minimum Gasteiger partial charge on any atom is -0.480 e. The second-order valence-electron chi connectivity index (χ2n) is 7.80. The maximum absolute atomic E-state index is 12.6. The number of carboxylic acid groups (broad SMARTS) is 1. The summed E-state index contributed by atoms with van der Waals surface area (Å²) in [4.78, 5) is 25.4. The van der Waals surface area contributed by atoms with Crippen LogP contribution in [0.15, 0.2) is 72.8 Å². The van der Waals surface area contributed by atoms with Crippen LogP contribution in [0, 0.1) is 0 Å². The predicted molar refractivity (Wildman–Crippen MR) is 120 cm³/mol. The molecule has 0 spiro atoms. The molecule has 0 fully saturated rings. The lowest BCUT2D eigenvalue weighted by Gasteiger charge is -2.24. The molecule has 164 valence electrons. The number of benzene rings is 3. The zero-order chi connectivity index (χ0) is 22.5. The lowest BCUT2D eigenvalue weighted by atomic mass is 10.0. The number of hydrogen-bond donors (Lipinski definition) is 1. The van der Waals surface area contributed by atoms with Crippen molar-refractivity contribution in [2.75, 3.05) is 13.7 Å². The molecule has 1 unspecified atom stereocenters. The highest BCUT2D eigenvalue weighted by atomic mass is 16.6. The molecule has 1 aliphatic rings. The predicted octanol–water partition coefficient (Wildman–Crippen LogP) is 4.50. The highest BCUT2D eigenvalue weighted by Crippen LogP contribution is 2.38. The zero-order valence-electron chi connectivity index (χ0n) is 17.9. The van der Waals surface area contributed by atoms with Gasteiger partial charge >= 0.3 is 12.1 Å². The van der Waals surface area contributed by atoms with Gasteiger partial charge in [0.05, 0.1) is 13.2 Å². The third kappa shape index (κ3) is 4.65. The van der Waals surface area contributed by atoms with Crippen molar-refractivity contribution in [1.82, 2.24) is 4.90 Å². The minimum atomic E-state index is -1.14. The number of carboxylic acids is 1. The van der Waals surface area contributed by atoms with Gasteiger partial charge in [-0.25, -0.2) is 9.59 Å². The Morgan fingerprint density at radius 3 is 2.44 bits per heavy atom. The monoisotopic (exact) mass is 431 g/mol. The second-order valence-corrected chi connectivity index (χ2v) is 7.80. The minimum absolute atomic E-state index is 0.0809. The number of hydrogen-bond acceptors (Lipinski definition) is 4. The van der Waals surface area contributed by atoms with Crippen molar-refractivity contribution in [3.05, 3.63) is 95.1 Å². The summed E-state index contributed by atoms with van der Waals surface area (Å²) in [6, 6.07) is 22.5. The number of carbonyl (C=O) groups excluding carboxylic acids is 1. The summed E-state index contributed by atoms with van der Waals surface area (Å²) < 4.78 is 11.0. The smallest absolute Gasteiger partial charge is 0.410 e. The Kier molecular flexibility index (Phi) is 6.52. The van der Waals surface area contributed by atoms with Gasteiger partial charge in [0.15, 0.2) is 6.04 Å². The summed E-state index contributed by atoms with van der Waals surface area (Å²) in [5, 5.41) is 9.57. The van der Waals surface area contributed by atoms with Gasteiger partial charge in [-0.05, 0) is 39.8 Å². The first-order valence-electron chi connectivity index (χ1n) is 10.5. The largest absolute Gasteiger partial charge is 0.480 e. The van der Waals surface area contributed by atoms with Crippen LogP contribution in [0.25, 0.3) is 11.1 Å². The molecule has 0 saturated carbocycles. The van der Waals surface area contributed by atoms with E-state index in [1.807, 2.05) is 54.6 Å². The van der Waals surface area contributed by atoms with Gasteiger partial charge in [0, 0.05) is 7.05 Å². The standard InChI is InChI=1S/C26H25NO5/c1-27(24(25(28)29)17-31-15-18-8-3-2-4-9-18)26(30)32-16-20-11-7-13-22-21-12-6-5-10-19(21)14-23(20)22/h2-13,24H,14-17H2,1H3,(H,28,29). The van der Waals surface area contributed by atoms with E-state index in [4.69, 9.17) is 9.47 Å². The number of carbonyl (C=O) groups is 2. The summed E-state index contributed by atoms with van der Waals surface area (Å²) in [5.41, 5.74) is 6.60. The Bertz CT molecular complexity index is 1110. The molecule has 1 amide bonds. The highest BCUT2D eigenvalue weighted by Gasteiger charge is 2.28.